The minimum Gasteiger partial charge on any atom is -0.491 e. The average Bonchev–Trinajstić information content (AvgIpc) is 2.93. The van der Waals surface area contributed by atoms with E-state index in [1.807, 2.05) is 36.4 Å². The maximum Gasteiger partial charge on any atom is 0.142 e. The van der Waals surface area contributed by atoms with Crippen LogP contribution in [0.2, 0.25) is 0 Å². The fraction of sp³-hybridized carbons (Fsp3) is 0.316. The van der Waals surface area contributed by atoms with E-state index >= 15 is 0 Å². The van der Waals surface area contributed by atoms with E-state index in [2.05, 4.69) is 24.5 Å². The molecule has 3 aromatic rings. The van der Waals surface area contributed by atoms with Crippen molar-refractivity contribution in [2.45, 2.75) is 20.4 Å². The van der Waals surface area contributed by atoms with Crippen LogP contribution in [0.4, 0.5) is 5.69 Å². The van der Waals surface area contributed by atoms with Crippen LogP contribution in [0.25, 0.3) is 22.4 Å². The molecular formula is C19H24N4O. The van der Waals surface area contributed by atoms with Crippen LogP contribution in [-0.4, -0.2) is 22.7 Å². The third-order valence-electron chi connectivity index (χ3n) is 3.85. The van der Waals surface area contributed by atoms with Crippen LogP contribution in [0.15, 0.2) is 42.5 Å². The highest BCUT2D eigenvalue weighted by atomic mass is 16.5. The number of hydrogen-bond donors (Lipinski definition) is 2. The Bertz CT molecular complexity index is 838. The van der Waals surface area contributed by atoms with E-state index < -0.39 is 0 Å². The summed E-state index contributed by atoms with van der Waals surface area (Å²) in [6.07, 6.45) is 0. The zero-order valence-electron chi connectivity index (χ0n) is 14.2. The molecule has 0 amide bonds. The van der Waals surface area contributed by atoms with Crippen molar-refractivity contribution in [3.63, 3.8) is 0 Å². The molecule has 0 unspecified atom stereocenters. The smallest absolute Gasteiger partial charge is 0.142 e. The summed E-state index contributed by atoms with van der Waals surface area (Å²) in [6, 6.07) is 13.9. The highest BCUT2D eigenvalue weighted by molar-refractivity contribution is 5.81. The number of imidazole rings is 1. The van der Waals surface area contributed by atoms with E-state index in [1.165, 1.54) is 0 Å². The van der Waals surface area contributed by atoms with Crippen molar-refractivity contribution in [1.29, 1.82) is 0 Å². The predicted molar refractivity (Wildman–Crippen MR) is 99.0 cm³/mol. The van der Waals surface area contributed by atoms with Gasteiger partial charge in [0, 0.05) is 18.7 Å². The van der Waals surface area contributed by atoms with Gasteiger partial charge in [-0.2, -0.15) is 0 Å². The first-order valence-electron chi connectivity index (χ1n) is 8.28. The van der Waals surface area contributed by atoms with Crippen LogP contribution in [0.1, 0.15) is 13.8 Å². The Kier molecular flexibility index (Phi) is 4.71. The fourth-order valence-corrected chi connectivity index (χ4v) is 2.73. The summed E-state index contributed by atoms with van der Waals surface area (Å²) >= 11 is 0. The molecule has 0 bridgehead atoms. The van der Waals surface area contributed by atoms with Crippen LogP contribution in [0, 0.1) is 5.92 Å². The average molecular weight is 324 g/mol. The largest absolute Gasteiger partial charge is 0.491 e. The Morgan fingerprint density at radius 2 is 1.96 bits per heavy atom. The number of nitrogen functional groups attached to an aromatic ring is 1. The van der Waals surface area contributed by atoms with E-state index in [1.54, 1.807) is 0 Å². The molecule has 0 aliphatic rings. The second kappa shape index (κ2) is 6.93. The molecule has 2 aromatic carbocycles. The molecule has 1 aromatic heterocycles. The topological polar surface area (TPSA) is 79.1 Å². The zero-order valence-corrected chi connectivity index (χ0v) is 14.2. The van der Waals surface area contributed by atoms with Gasteiger partial charge in [-0.1, -0.05) is 26.0 Å². The lowest BCUT2D eigenvalue weighted by molar-refractivity contribution is 0.272. The Labute approximate surface area is 142 Å². The molecule has 3 rings (SSSR count). The number of ether oxygens (including phenoxy) is 1. The molecule has 0 spiro atoms. The number of fused-ring (bicyclic) bond motifs is 1. The van der Waals surface area contributed by atoms with Crippen molar-refractivity contribution in [1.82, 2.24) is 9.55 Å². The number of anilines is 1. The zero-order chi connectivity index (χ0) is 17.1. The van der Waals surface area contributed by atoms with Crippen LogP contribution in [-0.2, 0) is 6.54 Å². The molecule has 0 atom stereocenters. The quantitative estimate of drug-likeness (QED) is 0.682. The van der Waals surface area contributed by atoms with Crippen molar-refractivity contribution in [2.24, 2.45) is 11.7 Å². The standard InChI is InChI=1S/C19H24N4O/c1-13(2)12-24-18-8-7-14(11-15(18)21)19-22-16-5-3-4-6-17(16)23(19)10-9-20/h3-8,11,13H,9-10,12,20-21H2,1-2H3. The van der Waals surface area contributed by atoms with Gasteiger partial charge in [0.15, 0.2) is 0 Å². The molecule has 0 saturated heterocycles. The first-order chi connectivity index (χ1) is 11.6. The van der Waals surface area contributed by atoms with Gasteiger partial charge in [0.05, 0.1) is 23.3 Å². The third-order valence-corrected chi connectivity index (χ3v) is 3.85. The molecule has 0 fully saturated rings. The van der Waals surface area contributed by atoms with Crippen molar-refractivity contribution in [2.75, 3.05) is 18.9 Å². The lowest BCUT2D eigenvalue weighted by Crippen LogP contribution is -2.11. The minimum atomic E-state index is 0.456. The molecule has 24 heavy (non-hydrogen) atoms. The highest BCUT2D eigenvalue weighted by Crippen LogP contribution is 2.30. The van der Waals surface area contributed by atoms with Crippen LogP contribution < -0.4 is 16.2 Å². The van der Waals surface area contributed by atoms with Crippen LogP contribution in [0.3, 0.4) is 0 Å². The summed E-state index contributed by atoms with van der Waals surface area (Å²) in [4.78, 5) is 4.76. The van der Waals surface area contributed by atoms with E-state index in [9.17, 15) is 0 Å². The summed E-state index contributed by atoms with van der Waals surface area (Å²) in [5.41, 5.74) is 15.6. The van der Waals surface area contributed by atoms with Gasteiger partial charge in [-0.05, 0) is 36.2 Å². The molecule has 5 nitrogen and oxygen atoms in total. The molecule has 0 aliphatic carbocycles. The van der Waals surface area contributed by atoms with Gasteiger partial charge in [0.2, 0.25) is 0 Å². The number of benzene rings is 2. The second-order valence-electron chi connectivity index (χ2n) is 6.32. The number of rotatable bonds is 6. The Morgan fingerprint density at radius 1 is 1.17 bits per heavy atom. The molecule has 0 saturated carbocycles. The van der Waals surface area contributed by atoms with Crippen molar-refractivity contribution < 1.29 is 4.74 Å². The lowest BCUT2D eigenvalue weighted by Gasteiger charge is -2.13. The number of aromatic nitrogens is 2. The maximum atomic E-state index is 6.18. The first-order valence-corrected chi connectivity index (χ1v) is 8.28. The lowest BCUT2D eigenvalue weighted by atomic mass is 10.1. The number of nitrogens with two attached hydrogens (primary N) is 2. The molecule has 0 aliphatic heterocycles. The fourth-order valence-electron chi connectivity index (χ4n) is 2.73. The minimum absolute atomic E-state index is 0.456. The summed E-state index contributed by atoms with van der Waals surface area (Å²) in [5, 5.41) is 0. The van der Waals surface area contributed by atoms with E-state index in [0.717, 1.165) is 22.4 Å². The van der Waals surface area contributed by atoms with Gasteiger partial charge >= 0.3 is 0 Å². The van der Waals surface area contributed by atoms with Gasteiger partial charge in [-0.25, -0.2) is 4.98 Å². The van der Waals surface area contributed by atoms with Gasteiger partial charge < -0.3 is 20.8 Å². The van der Waals surface area contributed by atoms with Gasteiger partial charge in [-0.3, -0.25) is 0 Å². The molecule has 5 heteroatoms. The molecule has 4 N–H and O–H groups in total. The van der Waals surface area contributed by atoms with Gasteiger partial charge in [-0.15, -0.1) is 0 Å². The third kappa shape index (κ3) is 3.21. The molecule has 1 heterocycles. The predicted octanol–water partition coefficient (Wildman–Crippen LogP) is 3.28. The normalized spacial score (nSPS) is 11.3. The van der Waals surface area contributed by atoms with Crippen LogP contribution in [0.5, 0.6) is 5.75 Å². The maximum absolute atomic E-state index is 6.18. The number of hydrogen-bond acceptors (Lipinski definition) is 4. The van der Waals surface area contributed by atoms with Crippen LogP contribution >= 0.6 is 0 Å². The summed E-state index contributed by atoms with van der Waals surface area (Å²) in [5.74, 6) is 2.05. The SMILES string of the molecule is CC(C)COc1ccc(-c2nc3ccccc3n2CCN)cc1N. The summed E-state index contributed by atoms with van der Waals surface area (Å²) < 4.78 is 7.89. The van der Waals surface area contributed by atoms with E-state index in [4.69, 9.17) is 21.2 Å². The van der Waals surface area contributed by atoms with E-state index in [0.29, 0.717) is 37.1 Å². The molecule has 0 radical (unpaired) electrons. The highest BCUT2D eigenvalue weighted by Gasteiger charge is 2.13. The monoisotopic (exact) mass is 324 g/mol. The molecular weight excluding hydrogens is 300 g/mol. The molecule has 126 valence electrons. The summed E-state index contributed by atoms with van der Waals surface area (Å²) in [6.45, 7) is 6.13. The van der Waals surface area contributed by atoms with Crippen molar-refractivity contribution >= 4 is 16.7 Å². The van der Waals surface area contributed by atoms with E-state index in [-0.39, 0.29) is 0 Å². The van der Waals surface area contributed by atoms with Gasteiger partial charge in [0.1, 0.15) is 11.6 Å². The summed E-state index contributed by atoms with van der Waals surface area (Å²) in [7, 11) is 0. The van der Waals surface area contributed by atoms with Crippen molar-refractivity contribution in [3.8, 4) is 17.1 Å². The Hall–Kier alpha value is -2.53. The first kappa shape index (κ1) is 16.3. The second-order valence-corrected chi connectivity index (χ2v) is 6.32. The Morgan fingerprint density at radius 3 is 2.67 bits per heavy atom. The van der Waals surface area contributed by atoms with Crippen molar-refractivity contribution in [3.05, 3.63) is 42.5 Å². The number of nitrogens with zero attached hydrogens (tertiary/aromatic N) is 2. The van der Waals surface area contributed by atoms with Gasteiger partial charge in [0.25, 0.3) is 0 Å². The Balaban J connectivity index is 2.01. The number of para-hydroxylation sites is 2.